The van der Waals surface area contributed by atoms with Crippen molar-refractivity contribution in [1.29, 1.82) is 0 Å². The Kier molecular flexibility index (Phi) is 6.90. The van der Waals surface area contributed by atoms with Crippen LogP contribution >= 0.6 is 0 Å². The van der Waals surface area contributed by atoms with Crippen molar-refractivity contribution in [3.8, 4) is 11.5 Å². The Morgan fingerprint density at radius 2 is 1.77 bits per heavy atom. The summed E-state index contributed by atoms with van der Waals surface area (Å²) >= 11 is 0. The van der Waals surface area contributed by atoms with Gasteiger partial charge >= 0.3 is 5.97 Å². The van der Waals surface area contributed by atoms with E-state index in [1.165, 1.54) is 0 Å². The molecule has 8 heteroatoms. The fourth-order valence-electron chi connectivity index (χ4n) is 2.84. The van der Waals surface area contributed by atoms with Crippen LogP contribution in [0.5, 0.6) is 11.5 Å². The van der Waals surface area contributed by atoms with E-state index in [4.69, 9.17) is 14.2 Å². The minimum Gasteiger partial charge on any atom is -0.454 e. The van der Waals surface area contributed by atoms with E-state index < -0.39 is 24.5 Å². The summed E-state index contributed by atoms with van der Waals surface area (Å²) < 4.78 is 15.7. The van der Waals surface area contributed by atoms with Gasteiger partial charge in [-0.3, -0.25) is 9.59 Å². The van der Waals surface area contributed by atoms with Crippen LogP contribution < -0.4 is 20.1 Å². The Labute approximate surface area is 174 Å². The molecule has 30 heavy (non-hydrogen) atoms. The zero-order valence-corrected chi connectivity index (χ0v) is 16.8. The van der Waals surface area contributed by atoms with E-state index in [1.54, 1.807) is 56.3 Å². The highest BCUT2D eigenvalue weighted by Crippen LogP contribution is 2.32. The van der Waals surface area contributed by atoms with E-state index in [9.17, 15) is 14.4 Å². The third kappa shape index (κ3) is 5.50. The molecule has 2 amide bonds. The van der Waals surface area contributed by atoms with Gasteiger partial charge in [-0.1, -0.05) is 38.1 Å². The number of benzene rings is 2. The summed E-state index contributed by atoms with van der Waals surface area (Å²) in [6.45, 7) is 3.58. The number of hydrogen-bond acceptors (Lipinski definition) is 6. The van der Waals surface area contributed by atoms with Crippen molar-refractivity contribution in [1.82, 2.24) is 10.6 Å². The quantitative estimate of drug-likeness (QED) is 0.643. The van der Waals surface area contributed by atoms with Crippen LogP contribution in [-0.4, -0.2) is 37.2 Å². The van der Waals surface area contributed by atoms with Crippen molar-refractivity contribution in [2.24, 2.45) is 5.92 Å². The van der Waals surface area contributed by atoms with Crippen molar-refractivity contribution in [3.05, 3.63) is 59.7 Å². The van der Waals surface area contributed by atoms with Crippen LogP contribution in [0, 0.1) is 5.92 Å². The Bertz CT molecular complexity index is 913. The first kappa shape index (κ1) is 21.2. The van der Waals surface area contributed by atoms with Crippen LogP contribution in [0.15, 0.2) is 48.5 Å². The van der Waals surface area contributed by atoms with Crippen molar-refractivity contribution in [3.63, 3.8) is 0 Å². The average molecular weight is 412 g/mol. The first-order valence-electron chi connectivity index (χ1n) is 9.62. The van der Waals surface area contributed by atoms with Crippen molar-refractivity contribution < 1.29 is 28.6 Å². The molecule has 2 aromatic carbocycles. The molecule has 0 aromatic heterocycles. The maximum atomic E-state index is 12.4. The van der Waals surface area contributed by atoms with E-state index in [0.29, 0.717) is 17.1 Å². The normalized spacial score (nSPS) is 12.9. The average Bonchev–Trinajstić information content (AvgIpc) is 3.22. The summed E-state index contributed by atoms with van der Waals surface area (Å²) in [5.74, 6) is -0.399. The Hall–Kier alpha value is -3.55. The van der Waals surface area contributed by atoms with Crippen LogP contribution in [0.25, 0.3) is 0 Å². The molecule has 0 unspecified atom stereocenters. The predicted octanol–water partition coefficient (Wildman–Crippen LogP) is 2.03. The topological polar surface area (TPSA) is 103 Å². The van der Waals surface area contributed by atoms with Gasteiger partial charge in [-0.05, 0) is 35.7 Å². The molecular formula is C22H24N2O6. The van der Waals surface area contributed by atoms with Gasteiger partial charge in [-0.25, -0.2) is 4.79 Å². The van der Waals surface area contributed by atoms with Gasteiger partial charge in [0.2, 0.25) is 6.79 Å². The lowest BCUT2D eigenvalue weighted by atomic mass is 10.0. The van der Waals surface area contributed by atoms with Crippen molar-refractivity contribution in [2.45, 2.75) is 26.4 Å². The number of carbonyl (C=O) groups excluding carboxylic acids is 3. The zero-order chi connectivity index (χ0) is 21.5. The minimum atomic E-state index is -0.862. The van der Waals surface area contributed by atoms with Crippen LogP contribution in [0.1, 0.15) is 29.8 Å². The van der Waals surface area contributed by atoms with Gasteiger partial charge < -0.3 is 24.8 Å². The molecule has 8 nitrogen and oxygen atoms in total. The second-order valence-electron chi connectivity index (χ2n) is 7.13. The monoisotopic (exact) mass is 412 g/mol. The number of nitrogens with one attached hydrogen (secondary N) is 2. The maximum Gasteiger partial charge on any atom is 0.329 e. The molecule has 0 spiro atoms. The van der Waals surface area contributed by atoms with E-state index in [-0.39, 0.29) is 25.2 Å². The molecule has 0 bridgehead atoms. The smallest absolute Gasteiger partial charge is 0.329 e. The van der Waals surface area contributed by atoms with Gasteiger partial charge in [-0.2, -0.15) is 0 Å². The van der Waals surface area contributed by atoms with Crippen LogP contribution in [0.2, 0.25) is 0 Å². The van der Waals surface area contributed by atoms with Gasteiger partial charge in [0, 0.05) is 12.1 Å². The molecule has 1 aliphatic rings. The second kappa shape index (κ2) is 9.78. The van der Waals surface area contributed by atoms with Crippen LogP contribution in [0.3, 0.4) is 0 Å². The van der Waals surface area contributed by atoms with Crippen LogP contribution in [-0.2, 0) is 20.9 Å². The highest BCUT2D eigenvalue weighted by Gasteiger charge is 2.26. The standard InChI is InChI=1S/C22H24N2O6/c1-14(2)20(24-21(26)16-6-4-3-5-7-16)22(27)28-12-19(25)23-11-15-8-9-17-18(10-15)30-13-29-17/h3-10,14,20H,11-13H2,1-2H3,(H,23,25)(H,24,26)/t20-/m0/s1. The van der Waals surface area contributed by atoms with E-state index in [0.717, 1.165) is 5.56 Å². The Morgan fingerprint density at radius 3 is 2.50 bits per heavy atom. The third-order valence-corrected chi connectivity index (χ3v) is 4.52. The molecule has 1 atom stereocenters. The number of rotatable bonds is 8. The molecule has 2 aromatic rings. The van der Waals surface area contributed by atoms with Gasteiger partial charge in [0.15, 0.2) is 18.1 Å². The molecule has 158 valence electrons. The number of amides is 2. The molecule has 0 aliphatic carbocycles. The Morgan fingerprint density at radius 1 is 1.03 bits per heavy atom. The molecule has 3 rings (SSSR count). The molecule has 0 saturated carbocycles. The third-order valence-electron chi connectivity index (χ3n) is 4.52. The van der Waals surface area contributed by atoms with Gasteiger partial charge in [0.25, 0.3) is 11.8 Å². The van der Waals surface area contributed by atoms with E-state index in [2.05, 4.69) is 10.6 Å². The molecule has 0 radical (unpaired) electrons. The van der Waals surface area contributed by atoms with Crippen molar-refractivity contribution >= 4 is 17.8 Å². The molecule has 0 saturated heterocycles. The highest BCUT2D eigenvalue weighted by molar-refractivity contribution is 5.97. The summed E-state index contributed by atoms with van der Waals surface area (Å²) in [6, 6.07) is 13.1. The highest BCUT2D eigenvalue weighted by atomic mass is 16.7. The number of esters is 1. The predicted molar refractivity (Wildman–Crippen MR) is 108 cm³/mol. The molecular weight excluding hydrogens is 388 g/mol. The van der Waals surface area contributed by atoms with Gasteiger partial charge in [-0.15, -0.1) is 0 Å². The lowest BCUT2D eigenvalue weighted by Crippen LogP contribution is -2.46. The minimum absolute atomic E-state index is 0.179. The summed E-state index contributed by atoms with van der Waals surface area (Å²) in [7, 11) is 0. The summed E-state index contributed by atoms with van der Waals surface area (Å²) in [6.07, 6.45) is 0. The lowest BCUT2D eigenvalue weighted by Gasteiger charge is -2.20. The number of fused-ring (bicyclic) bond motifs is 1. The van der Waals surface area contributed by atoms with Gasteiger partial charge in [0.1, 0.15) is 6.04 Å². The fourth-order valence-corrected chi connectivity index (χ4v) is 2.84. The van der Waals surface area contributed by atoms with Gasteiger partial charge in [0.05, 0.1) is 0 Å². The molecule has 1 aliphatic heterocycles. The maximum absolute atomic E-state index is 12.4. The van der Waals surface area contributed by atoms with Crippen molar-refractivity contribution in [2.75, 3.05) is 13.4 Å². The zero-order valence-electron chi connectivity index (χ0n) is 16.8. The largest absolute Gasteiger partial charge is 0.454 e. The summed E-state index contributed by atoms with van der Waals surface area (Å²) in [4.78, 5) is 36.8. The van der Waals surface area contributed by atoms with Crippen LogP contribution in [0.4, 0.5) is 0 Å². The lowest BCUT2D eigenvalue weighted by molar-refractivity contribution is -0.151. The van der Waals surface area contributed by atoms with E-state index in [1.807, 2.05) is 6.07 Å². The van der Waals surface area contributed by atoms with E-state index >= 15 is 0 Å². The summed E-state index contributed by atoms with van der Waals surface area (Å²) in [5, 5.41) is 5.35. The fraction of sp³-hybridized carbons (Fsp3) is 0.318. The first-order chi connectivity index (χ1) is 14.4. The number of carbonyl (C=O) groups is 3. The Balaban J connectivity index is 1.47. The number of ether oxygens (including phenoxy) is 3. The second-order valence-corrected chi connectivity index (χ2v) is 7.13. The summed E-state index contributed by atoms with van der Waals surface area (Å²) in [5.41, 5.74) is 1.27. The molecule has 2 N–H and O–H groups in total. The number of hydrogen-bond donors (Lipinski definition) is 2. The molecule has 0 fully saturated rings. The molecule has 1 heterocycles. The first-order valence-corrected chi connectivity index (χ1v) is 9.62. The SMILES string of the molecule is CC(C)[C@H](NC(=O)c1ccccc1)C(=O)OCC(=O)NCc1ccc2c(c1)OCO2.